The van der Waals surface area contributed by atoms with Crippen LogP contribution < -0.4 is 0 Å². The molecular weight excluding hydrogens is 241 g/mol. The molecule has 2 aromatic rings. The molecule has 1 nitrogen and oxygen atoms in total. The first-order chi connectivity index (χ1) is 8.49. The second-order valence-corrected chi connectivity index (χ2v) is 4.08. The Morgan fingerprint density at radius 2 is 1.67 bits per heavy atom. The van der Waals surface area contributed by atoms with Crippen LogP contribution in [0.15, 0.2) is 36.4 Å². The molecule has 0 radical (unpaired) electrons. The van der Waals surface area contributed by atoms with Crippen molar-refractivity contribution in [1.29, 1.82) is 0 Å². The monoisotopic (exact) mass is 252 g/mol. The van der Waals surface area contributed by atoms with Crippen molar-refractivity contribution in [1.82, 2.24) is 0 Å². The van der Waals surface area contributed by atoms with Gasteiger partial charge in [-0.25, -0.2) is 13.2 Å². The van der Waals surface area contributed by atoms with Gasteiger partial charge >= 0.3 is 0 Å². The van der Waals surface area contributed by atoms with Crippen molar-refractivity contribution in [3.8, 4) is 0 Å². The molecule has 0 spiro atoms. The molecule has 1 unspecified atom stereocenters. The number of halogens is 3. The lowest BCUT2D eigenvalue weighted by molar-refractivity contribution is 0.214. The summed E-state index contributed by atoms with van der Waals surface area (Å²) in [5.41, 5.74) is 0.395. The van der Waals surface area contributed by atoms with E-state index in [0.29, 0.717) is 5.56 Å². The molecule has 0 aliphatic heterocycles. The van der Waals surface area contributed by atoms with Gasteiger partial charge in [-0.05, 0) is 42.3 Å². The van der Waals surface area contributed by atoms with Gasteiger partial charge in [0.05, 0.1) is 0 Å². The van der Waals surface area contributed by atoms with Crippen LogP contribution in [0.2, 0.25) is 0 Å². The number of aryl methyl sites for hydroxylation is 1. The van der Waals surface area contributed by atoms with Gasteiger partial charge in [0.2, 0.25) is 0 Å². The maximum absolute atomic E-state index is 13.5. The summed E-state index contributed by atoms with van der Waals surface area (Å²) in [6, 6.07) is 6.86. The van der Waals surface area contributed by atoms with Gasteiger partial charge in [-0.3, -0.25) is 0 Å². The summed E-state index contributed by atoms with van der Waals surface area (Å²) >= 11 is 0. The Morgan fingerprint density at radius 1 is 0.944 bits per heavy atom. The maximum atomic E-state index is 13.5. The molecule has 0 saturated carbocycles. The average molecular weight is 252 g/mol. The van der Waals surface area contributed by atoms with E-state index in [1.54, 1.807) is 6.92 Å². The smallest absolute Gasteiger partial charge is 0.129 e. The first kappa shape index (κ1) is 12.6. The van der Waals surface area contributed by atoms with Gasteiger partial charge in [0, 0.05) is 5.56 Å². The molecule has 0 amide bonds. The van der Waals surface area contributed by atoms with E-state index in [2.05, 4.69) is 0 Å². The Labute approximate surface area is 103 Å². The summed E-state index contributed by atoms with van der Waals surface area (Å²) in [5, 5.41) is 9.94. The number of aliphatic hydroxyl groups is 1. The predicted molar refractivity (Wildman–Crippen MR) is 61.6 cm³/mol. The molecule has 4 heteroatoms. The highest BCUT2D eigenvalue weighted by Gasteiger charge is 2.16. The molecule has 2 rings (SSSR count). The van der Waals surface area contributed by atoms with E-state index in [4.69, 9.17) is 0 Å². The van der Waals surface area contributed by atoms with Crippen LogP contribution in [0.25, 0.3) is 0 Å². The highest BCUT2D eigenvalue weighted by Crippen LogP contribution is 2.26. The Hall–Kier alpha value is -1.81. The second kappa shape index (κ2) is 4.82. The van der Waals surface area contributed by atoms with Gasteiger partial charge in [-0.15, -0.1) is 0 Å². The average Bonchev–Trinajstić information content (AvgIpc) is 2.35. The minimum atomic E-state index is -1.39. The molecule has 0 saturated heterocycles. The van der Waals surface area contributed by atoms with Crippen LogP contribution in [0, 0.1) is 24.4 Å². The molecule has 0 aromatic heterocycles. The molecule has 2 aromatic carbocycles. The van der Waals surface area contributed by atoms with Crippen LogP contribution in [-0.4, -0.2) is 5.11 Å². The van der Waals surface area contributed by atoms with Crippen molar-refractivity contribution in [2.45, 2.75) is 13.0 Å². The normalized spacial score (nSPS) is 12.5. The number of rotatable bonds is 2. The Balaban J connectivity index is 2.44. The molecular formula is C14H11F3O. The second-order valence-electron chi connectivity index (χ2n) is 4.08. The van der Waals surface area contributed by atoms with E-state index in [1.807, 2.05) is 0 Å². The molecule has 0 aliphatic carbocycles. The summed E-state index contributed by atoms with van der Waals surface area (Å²) < 4.78 is 39.8. The zero-order chi connectivity index (χ0) is 13.3. The summed E-state index contributed by atoms with van der Waals surface area (Å²) in [7, 11) is 0. The van der Waals surface area contributed by atoms with E-state index in [9.17, 15) is 18.3 Å². The third kappa shape index (κ3) is 2.38. The summed E-state index contributed by atoms with van der Waals surface area (Å²) in [6.07, 6.45) is -1.39. The molecule has 0 heterocycles. The van der Waals surface area contributed by atoms with Crippen LogP contribution in [0.4, 0.5) is 13.2 Å². The zero-order valence-electron chi connectivity index (χ0n) is 9.62. The fraction of sp³-hybridized carbons (Fsp3) is 0.143. The summed E-state index contributed by atoms with van der Waals surface area (Å²) in [6.45, 7) is 1.58. The lowest BCUT2D eigenvalue weighted by atomic mass is 10.00. The zero-order valence-corrected chi connectivity index (χ0v) is 9.62. The third-order valence-corrected chi connectivity index (χ3v) is 2.76. The van der Waals surface area contributed by atoms with E-state index >= 15 is 0 Å². The Kier molecular flexibility index (Phi) is 3.39. The van der Waals surface area contributed by atoms with Crippen LogP contribution >= 0.6 is 0 Å². The van der Waals surface area contributed by atoms with Crippen molar-refractivity contribution in [2.75, 3.05) is 0 Å². The first-order valence-corrected chi connectivity index (χ1v) is 5.38. The van der Waals surface area contributed by atoms with Gasteiger partial charge < -0.3 is 5.11 Å². The molecule has 1 N–H and O–H groups in total. The number of aliphatic hydroxyl groups excluding tert-OH is 1. The Bertz CT molecular complexity index is 581. The SMILES string of the molecule is Cc1ccc(C(O)c2cc(F)ccc2F)cc1F. The fourth-order valence-electron chi connectivity index (χ4n) is 1.68. The highest BCUT2D eigenvalue weighted by molar-refractivity contribution is 5.33. The lowest BCUT2D eigenvalue weighted by Gasteiger charge is -2.13. The van der Waals surface area contributed by atoms with Gasteiger partial charge in [0.15, 0.2) is 0 Å². The summed E-state index contributed by atoms with van der Waals surface area (Å²) in [4.78, 5) is 0. The van der Waals surface area contributed by atoms with E-state index in [1.165, 1.54) is 12.1 Å². The van der Waals surface area contributed by atoms with Crippen molar-refractivity contribution in [2.24, 2.45) is 0 Å². The molecule has 0 fully saturated rings. The molecule has 18 heavy (non-hydrogen) atoms. The molecule has 0 bridgehead atoms. The van der Waals surface area contributed by atoms with Gasteiger partial charge in [0.1, 0.15) is 23.6 Å². The quantitative estimate of drug-likeness (QED) is 0.867. The van der Waals surface area contributed by atoms with E-state index in [-0.39, 0.29) is 11.1 Å². The number of hydrogen-bond acceptors (Lipinski definition) is 1. The minimum Gasteiger partial charge on any atom is -0.384 e. The molecule has 94 valence electrons. The van der Waals surface area contributed by atoms with Crippen molar-refractivity contribution in [3.05, 3.63) is 70.5 Å². The lowest BCUT2D eigenvalue weighted by Crippen LogP contribution is -2.04. The van der Waals surface area contributed by atoms with Gasteiger partial charge in [-0.1, -0.05) is 12.1 Å². The standard InChI is InChI=1S/C14H11F3O/c1-8-2-3-9(6-13(8)17)14(18)11-7-10(15)4-5-12(11)16/h2-7,14,18H,1H3. The van der Waals surface area contributed by atoms with E-state index < -0.39 is 23.6 Å². The van der Waals surface area contributed by atoms with E-state index in [0.717, 1.165) is 24.3 Å². The number of hydrogen-bond donors (Lipinski definition) is 1. The predicted octanol–water partition coefficient (Wildman–Crippen LogP) is 3.49. The number of benzene rings is 2. The first-order valence-electron chi connectivity index (χ1n) is 5.38. The van der Waals surface area contributed by atoms with Crippen molar-refractivity contribution >= 4 is 0 Å². The largest absolute Gasteiger partial charge is 0.384 e. The Morgan fingerprint density at radius 3 is 2.33 bits per heavy atom. The molecule has 0 aliphatic rings. The van der Waals surface area contributed by atoms with Crippen LogP contribution in [0.5, 0.6) is 0 Å². The third-order valence-electron chi connectivity index (χ3n) is 2.76. The fourth-order valence-corrected chi connectivity index (χ4v) is 1.68. The topological polar surface area (TPSA) is 20.2 Å². The van der Waals surface area contributed by atoms with Crippen LogP contribution in [-0.2, 0) is 0 Å². The van der Waals surface area contributed by atoms with Gasteiger partial charge in [0.25, 0.3) is 0 Å². The molecule has 1 atom stereocenters. The van der Waals surface area contributed by atoms with Gasteiger partial charge in [-0.2, -0.15) is 0 Å². The van der Waals surface area contributed by atoms with Crippen LogP contribution in [0.3, 0.4) is 0 Å². The van der Waals surface area contributed by atoms with Crippen molar-refractivity contribution < 1.29 is 18.3 Å². The van der Waals surface area contributed by atoms with Crippen molar-refractivity contribution in [3.63, 3.8) is 0 Å². The van der Waals surface area contributed by atoms with Crippen LogP contribution in [0.1, 0.15) is 22.8 Å². The minimum absolute atomic E-state index is 0.183. The highest BCUT2D eigenvalue weighted by atomic mass is 19.1. The summed E-state index contributed by atoms with van der Waals surface area (Å²) in [5.74, 6) is -1.88. The maximum Gasteiger partial charge on any atom is 0.129 e.